The highest BCUT2D eigenvalue weighted by molar-refractivity contribution is 14.1. The van der Waals surface area contributed by atoms with Gasteiger partial charge in [0.1, 0.15) is 0 Å². The maximum atomic E-state index is 10.9. The topological polar surface area (TPSA) is 29.5 Å². The molecule has 0 N–H and O–H groups in total. The summed E-state index contributed by atoms with van der Waals surface area (Å²) in [7, 11) is 1.64. The predicted molar refractivity (Wildman–Crippen MR) is 53.1 cm³/mol. The zero-order valence-corrected chi connectivity index (χ0v) is 9.29. The van der Waals surface area contributed by atoms with Gasteiger partial charge in [0.2, 0.25) is 0 Å². The van der Waals surface area contributed by atoms with Crippen LogP contribution in [0.15, 0.2) is 0 Å². The summed E-state index contributed by atoms with van der Waals surface area (Å²) in [6, 6.07) is 0.259. The van der Waals surface area contributed by atoms with Gasteiger partial charge >= 0.3 is 0 Å². The van der Waals surface area contributed by atoms with Crippen LogP contribution >= 0.6 is 22.6 Å². The van der Waals surface area contributed by atoms with Crippen LogP contribution in [-0.4, -0.2) is 35.1 Å². The van der Waals surface area contributed by atoms with E-state index < -0.39 is 0 Å². The second kappa shape index (κ2) is 5.77. The van der Waals surface area contributed by atoms with Gasteiger partial charge in [-0.05, 0) is 13.8 Å². The first-order valence-corrected chi connectivity index (χ1v) is 4.62. The van der Waals surface area contributed by atoms with Crippen molar-refractivity contribution in [2.24, 2.45) is 0 Å². The van der Waals surface area contributed by atoms with Crippen molar-refractivity contribution in [3.8, 4) is 0 Å². The number of carbonyl (C=O) groups is 1. The number of ether oxygens (including phenoxy) is 1. The number of carbonyl (C=O) groups excluding carboxylic acids is 1. The molecular formula is C7H14INO2. The van der Waals surface area contributed by atoms with Crippen molar-refractivity contribution in [2.75, 3.05) is 20.3 Å². The largest absolute Gasteiger partial charge is 0.383 e. The molecule has 0 aliphatic carbocycles. The summed E-state index contributed by atoms with van der Waals surface area (Å²) in [6.07, 6.45) is 0. The van der Waals surface area contributed by atoms with Crippen molar-refractivity contribution in [1.29, 1.82) is 0 Å². The number of halogens is 1. The molecule has 0 unspecified atom stereocenters. The van der Waals surface area contributed by atoms with E-state index in [4.69, 9.17) is 4.74 Å². The standard InChI is InChI=1S/C7H14INO2/c1-6(2)9(7(8)10)4-5-11-3/h6H,4-5H2,1-3H3. The summed E-state index contributed by atoms with van der Waals surface area (Å²) in [6.45, 7) is 5.27. The van der Waals surface area contributed by atoms with E-state index in [9.17, 15) is 4.79 Å². The average molecular weight is 271 g/mol. The van der Waals surface area contributed by atoms with Crippen LogP contribution in [0.25, 0.3) is 0 Å². The lowest BCUT2D eigenvalue weighted by atomic mass is 10.3. The number of nitrogens with zero attached hydrogens (tertiary/aromatic N) is 1. The maximum Gasteiger partial charge on any atom is 0.283 e. The number of rotatable bonds is 4. The van der Waals surface area contributed by atoms with Crippen LogP contribution in [0.3, 0.4) is 0 Å². The van der Waals surface area contributed by atoms with Crippen molar-refractivity contribution in [1.82, 2.24) is 4.90 Å². The summed E-state index contributed by atoms with van der Waals surface area (Å²) in [5, 5.41) is 0. The van der Waals surface area contributed by atoms with Crippen LogP contribution < -0.4 is 0 Å². The Morgan fingerprint density at radius 2 is 2.18 bits per heavy atom. The van der Waals surface area contributed by atoms with Gasteiger partial charge in [0.15, 0.2) is 0 Å². The molecule has 0 aliphatic heterocycles. The fraction of sp³-hybridized carbons (Fsp3) is 0.857. The van der Waals surface area contributed by atoms with E-state index in [1.165, 1.54) is 0 Å². The Labute approximate surface area is 81.2 Å². The zero-order valence-electron chi connectivity index (χ0n) is 7.13. The molecular weight excluding hydrogens is 257 g/mol. The van der Waals surface area contributed by atoms with Crippen LogP contribution in [0.4, 0.5) is 4.79 Å². The van der Waals surface area contributed by atoms with E-state index in [0.29, 0.717) is 13.2 Å². The molecule has 0 saturated heterocycles. The van der Waals surface area contributed by atoms with E-state index in [0.717, 1.165) is 0 Å². The number of hydrogen-bond acceptors (Lipinski definition) is 2. The highest BCUT2D eigenvalue weighted by Gasteiger charge is 2.12. The molecule has 0 aliphatic rings. The van der Waals surface area contributed by atoms with E-state index in [2.05, 4.69) is 0 Å². The molecule has 0 heterocycles. The minimum absolute atomic E-state index is 0.0784. The Bertz CT molecular complexity index is 128. The monoisotopic (exact) mass is 271 g/mol. The molecule has 66 valence electrons. The summed E-state index contributed by atoms with van der Waals surface area (Å²) in [4.78, 5) is 12.7. The first-order chi connectivity index (χ1) is 5.09. The van der Waals surface area contributed by atoms with Crippen LogP contribution in [0, 0.1) is 0 Å². The summed E-state index contributed by atoms with van der Waals surface area (Å²) in [5.41, 5.74) is 0. The third kappa shape index (κ3) is 4.58. The third-order valence-electron chi connectivity index (χ3n) is 1.39. The van der Waals surface area contributed by atoms with Crippen molar-refractivity contribution < 1.29 is 9.53 Å². The van der Waals surface area contributed by atoms with Gasteiger partial charge < -0.3 is 9.64 Å². The van der Waals surface area contributed by atoms with Crippen LogP contribution in [0.2, 0.25) is 0 Å². The molecule has 0 rings (SSSR count). The van der Waals surface area contributed by atoms with Crippen molar-refractivity contribution >= 4 is 26.5 Å². The van der Waals surface area contributed by atoms with Crippen LogP contribution in [0.5, 0.6) is 0 Å². The Kier molecular flexibility index (Phi) is 5.85. The Hall–Kier alpha value is 0.160. The van der Waals surface area contributed by atoms with Crippen molar-refractivity contribution in [3.05, 3.63) is 0 Å². The summed E-state index contributed by atoms with van der Waals surface area (Å²) in [5.74, 6) is 0. The minimum Gasteiger partial charge on any atom is -0.383 e. The van der Waals surface area contributed by atoms with Gasteiger partial charge in [0, 0.05) is 42.3 Å². The zero-order chi connectivity index (χ0) is 8.85. The molecule has 0 atom stereocenters. The average Bonchev–Trinajstić information content (AvgIpc) is 1.87. The van der Waals surface area contributed by atoms with Crippen molar-refractivity contribution in [3.63, 3.8) is 0 Å². The van der Waals surface area contributed by atoms with E-state index >= 15 is 0 Å². The fourth-order valence-electron chi connectivity index (χ4n) is 0.739. The van der Waals surface area contributed by atoms with E-state index in [-0.39, 0.29) is 9.96 Å². The molecule has 3 nitrogen and oxygen atoms in total. The highest BCUT2D eigenvalue weighted by Crippen LogP contribution is 2.04. The summed E-state index contributed by atoms with van der Waals surface area (Å²) >= 11 is 1.79. The second-order valence-electron chi connectivity index (χ2n) is 2.53. The molecule has 0 spiro atoms. The number of methoxy groups -OCH3 is 1. The van der Waals surface area contributed by atoms with Gasteiger partial charge in [-0.15, -0.1) is 0 Å². The molecule has 0 aromatic carbocycles. The lowest BCUT2D eigenvalue weighted by Crippen LogP contribution is -2.35. The molecule has 0 aromatic rings. The quantitative estimate of drug-likeness (QED) is 0.444. The van der Waals surface area contributed by atoms with E-state index in [1.54, 1.807) is 34.6 Å². The molecule has 0 bridgehead atoms. The molecule has 1 amide bonds. The first kappa shape index (κ1) is 11.2. The third-order valence-corrected chi connectivity index (χ3v) is 2.01. The van der Waals surface area contributed by atoms with Gasteiger partial charge in [-0.1, -0.05) is 0 Å². The Morgan fingerprint density at radius 3 is 2.45 bits per heavy atom. The molecule has 0 aromatic heterocycles. The van der Waals surface area contributed by atoms with Crippen LogP contribution in [0.1, 0.15) is 13.8 Å². The minimum atomic E-state index is 0.0784. The Balaban J connectivity index is 3.80. The lowest BCUT2D eigenvalue weighted by molar-refractivity contribution is 0.149. The fourth-order valence-corrected chi connectivity index (χ4v) is 1.54. The second-order valence-corrected chi connectivity index (χ2v) is 3.46. The van der Waals surface area contributed by atoms with Crippen LogP contribution in [-0.2, 0) is 4.74 Å². The molecule has 4 heteroatoms. The summed E-state index contributed by atoms with van der Waals surface area (Å²) < 4.78 is 4.95. The lowest BCUT2D eigenvalue weighted by Gasteiger charge is -2.23. The van der Waals surface area contributed by atoms with Crippen molar-refractivity contribution in [2.45, 2.75) is 19.9 Å². The van der Waals surface area contributed by atoms with Gasteiger partial charge in [-0.25, -0.2) is 0 Å². The predicted octanol–water partition coefficient (Wildman–Crippen LogP) is 1.90. The number of hydrogen-bond donors (Lipinski definition) is 0. The molecule has 0 fully saturated rings. The van der Waals surface area contributed by atoms with Gasteiger partial charge in [0.05, 0.1) is 6.61 Å². The molecule has 0 saturated carbocycles. The first-order valence-electron chi connectivity index (χ1n) is 3.54. The number of amides is 1. The maximum absolute atomic E-state index is 10.9. The highest BCUT2D eigenvalue weighted by atomic mass is 127. The Morgan fingerprint density at radius 1 is 1.64 bits per heavy atom. The van der Waals surface area contributed by atoms with E-state index in [1.807, 2.05) is 13.8 Å². The molecule has 0 radical (unpaired) electrons. The normalized spacial score (nSPS) is 10.3. The van der Waals surface area contributed by atoms with Gasteiger partial charge in [0.25, 0.3) is 3.91 Å². The molecule has 11 heavy (non-hydrogen) atoms. The van der Waals surface area contributed by atoms with Gasteiger partial charge in [-0.3, -0.25) is 4.79 Å². The smallest absolute Gasteiger partial charge is 0.283 e. The van der Waals surface area contributed by atoms with Gasteiger partial charge in [-0.2, -0.15) is 0 Å². The SMILES string of the molecule is COCCN(C(=O)I)C(C)C.